The normalized spacial score (nSPS) is 11.1. The molecule has 1 aromatic carbocycles. The number of benzene rings is 1. The van der Waals surface area contributed by atoms with Gasteiger partial charge in [0.15, 0.2) is 6.20 Å². The van der Waals surface area contributed by atoms with Crippen LogP contribution in [0.5, 0.6) is 0 Å². The van der Waals surface area contributed by atoms with Gasteiger partial charge in [-0.3, -0.25) is 4.79 Å². The fraction of sp³-hybridized carbons (Fsp3) is 0.474. The van der Waals surface area contributed by atoms with Gasteiger partial charge in [-0.2, -0.15) is 4.68 Å². The Morgan fingerprint density at radius 3 is 2.50 bits per heavy atom. The van der Waals surface area contributed by atoms with Crippen molar-refractivity contribution in [2.45, 2.75) is 53.6 Å². The Morgan fingerprint density at radius 1 is 1.18 bits per heavy atom. The van der Waals surface area contributed by atoms with Crippen molar-refractivity contribution in [3.63, 3.8) is 0 Å². The van der Waals surface area contributed by atoms with Gasteiger partial charge in [0.25, 0.3) is 0 Å². The van der Waals surface area contributed by atoms with E-state index in [0.29, 0.717) is 18.9 Å². The summed E-state index contributed by atoms with van der Waals surface area (Å²) >= 11 is 0. The lowest BCUT2D eigenvalue weighted by Gasteiger charge is -2.08. The zero-order valence-electron chi connectivity index (χ0n) is 14.2. The van der Waals surface area contributed by atoms with Crippen LogP contribution >= 0.6 is 0 Å². The molecule has 0 bridgehead atoms. The maximum absolute atomic E-state index is 12.4. The molecule has 0 unspecified atom stereocenters. The zero-order chi connectivity index (χ0) is 16.1. The van der Waals surface area contributed by atoms with Crippen LogP contribution < -0.4 is 4.68 Å². The van der Waals surface area contributed by atoms with Crippen molar-refractivity contribution < 1.29 is 9.48 Å². The molecule has 1 aromatic heterocycles. The van der Waals surface area contributed by atoms with E-state index in [9.17, 15) is 4.79 Å². The number of hydrogen-bond acceptors (Lipinski definition) is 1. The number of aromatic nitrogens is 2. The molecular weight excluding hydrogens is 272 g/mol. The average Bonchev–Trinajstić information content (AvgIpc) is 2.88. The lowest BCUT2D eigenvalue weighted by molar-refractivity contribution is -0.764. The minimum Gasteiger partial charge on any atom is -0.292 e. The molecule has 0 spiro atoms. The average molecular weight is 299 g/mol. The quantitative estimate of drug-likeness (QED) is 0.721. The Kier molecular flexibility index (Phi) is 5.53. The van der Waals surface area contributed by atoms with Crippen LogP contribution in [-0.2, 0) is 24.3 Å². The molecule has 0 aliphatic rings. The first-order chi connectivity index (χ1) is 10.5. The molecule has 0 atom stereocenters. The highest BCUT2D eigenvalue weighted by Gasteiger charge is 2.16. The number of Topliss-reactive ketones (excluding diaryl/α,β-unsaturated/α-hetero) is 1. The van der Waals surface area contributed by atoms with Crippen LogP contribution in [0, 0.1) is 19.8 Å². The van der Waals surface area contributed by atoms with Gasteiger partial charge in [0.05, 0.1) is 12.7 Å². The summed E-state index contributed by atoms with van der Waals surface area (Å²) in [5.74, 6) is 0.924. The van der Waals surface area contributed by atoms with Crippen molar-refractivity contribution in [2.75, 3.05) is 0 Å². The molecular formula is C19H27N2O+. The molecule has 0 aliphatic carbocycles. The van der Waals surface area contributed by atoms with Crippen LogP contribution in [0.2, 0.25) is 0 Å². The van der Waals surface area contributed by atoms with Gasteiger partial charge in [-0.25, -0.2) is 0 Å². The zero-order valence-corrected chi connectivity index (χ0v) is 14.2. The van der Waals surface area contributed by atoms with E-state index < -0.39 is 0 Å². The van der Waals surface area contributed by atoms with E-state index >= 15 is 0 Å². The second-order valence-corrected chi connectivity index (χ2v) is 6.52. The molecule has 2 aromatic rings. The molecule has 0 N–H and O–H groups in total. The first-order valence-corrected chi connectivity index (χ1v) is 8.09. The van der Waals surface area contributed by atoms with Crippen molar-refractivity contribution in [3.05, 3.63) is 53.3 Å². The van der Waals surface area contributed by atoms with Crippen LogP contribution in [-0.4, -0.2) is 10.5 Å². The second kappa shape index (κ2) is 7.39. The number of rotatable bonds is 7. The molecule has 0 saturated carbocycles. The van der Waals surface area contributed by atoms with E-state index in [1.54, 1.807) is 0 Å². The second-order valence-electron chi connectivity index (χ2n) is 6.52. The molecule has 118 valence electrons. The largest absolute Gasteiger partial charge is 0.292 e. The van der Waals surface area contributed by atoms with E-state index in [2.05, 4.69) is 50.7 Å². The van der Waals surface area contributed by atoms with Crippen molar-refractivity contribution in [2.24, 2.45) is 5.92 Å². The van der Waals surface area contributed by atoms with Gasteiger partial charge in [0.1, 0.15) is 0 Å². The predicted molar refractivity (Wildman–Crippen MR) is 88.7 cm³/mol. The highest BCUT2D eigenvalue weighted by molar-refractivity contribution is 5.80. The van der Waals surface area contributed by atoms with Gasteiger partial charge in [-0.15, -0.1) is 4.68 Å². The van der Waals surface area contributed by atoms with Gasteiger partial charge in [-0.05, 0) is 42.9 Å². The summed E-state index contributed by atoms with van der Waals surface area (Å²) in [6, 6.07) is 8.21. The number of carbonyl (C=O) groups is 1. The third kappa shape index (κ3) is 4.30. The Labute approximate surface area is 133 Å². The first kappa shape index (κ1) is 16.5. The maximum atomic E-state index is 12.4. The molecule has 3 nitrogen and oxygen atoms in total. The van der Waals surface area contributed by atoms with E-state index in [0.717, 1.165) is 13.0 Å². The Bertz CT molecular complexity index is 620. The highest BCUT2D eigenvalue weighted by atomic mass is 16.1. The summed E-state index contributed by atoms with van der Waals surface area (Å²) in [6.45, 7) is 10.0. The van der Waals surface area contributed by atoms with E-state index in [1.807, 2.05) is 23.0 Å². The first-order valence-electron chi connectivity index (χ1n) is 8.09. The molecule has 3 heteroatoms. The number of hydrogen-bond donors (Lipinski definition) is 0. The number of aryl methyl sites for hydroxylation is 3. The molecule has 0 saturated heterocycles. The minimum atomic E-state index is 0.256. The van der Waals surface area contributed by atoms with Gasteiger partial charge in [0.2, 0.25) is 12.3 Å². The summed E-state index contributed by atoms with van der Waals surface area (Å²) in [7, 11) is 0. The van der Waals surface area contributed by atoms with E-state index in [1.165, 1.54) is 16.7 Å². The fourth-order valence-corrected chi connectivity index (χ4v) is 2.71. The molecule has 1 heterocycles. The van der Waals surface area contributed by atoms with Gasteiger partial charge < -0.3 is 0 Å². The van der Waals surface area contributed by atoms with Crippen molar-refractivity contribution in [1.29, 1.82) is 0 Å². The maximum Gasteiger partial charge on any atom is 0.230 e. The topological polar surface area (TPSA) is 25.9 Å². The van der Waals surface area contributed by atoms with Gasteiger partial charge in [-0.1, -0.05) is 32.0 Å². The van der Waals surface area contributed by atoms with Crippen LogP contribution in [0.3, 0.4) is 0 Å². The third-order valence-corrected chi connectivity index (χ3v) is 4.14. The SMILES string of the molecule is Cc1cccc(C)c1CC(=O)C[n+]1cccn1CCC(C)C. The summed E-state index contributed by atoms with van der Waals surface area (Å²) in [5.41, 5.74) is 3.58. The van der Waals surface area contributed by atoms with Crippen molar-refractivity contribution in [1.82, 2.24) is 4.68 Å². The highest BCUT2D eigenvalue weighted by Crippen LogP contribution is 2.14. The molecule has 0 radical (unpaired) electrons. The summed E-state index contributed by atoms with van der Waals surface area (Å²) in [5, 5.41) is 0. The Morgan fingerprint density at radius 2 is 1.86 bits per heavy atom. The Balaban J connectivity index is 2.02. The number of nitrogens with zero attached hydrogens (tertiary/aromatic N) is 2. The molecule has 2 rings (SSSR count). The Hall–Kier alpha value is -1.90. The molecule has 0 fully saturated rings. The van der Waals surface area contributed by atoms with Gasteiger partial charge >= 0.3 is 0 Å². The van der Waals surface area contributed by atoms with E-state index in [4.69, 9.17) is 0 Å². The predicted octanol–water partition coefficient (Wildman–Crippen LogP) is 3.25. The van der Waals surface area contributed by atoms with E-state index in [-0.39, 0.29) is 5.78 Å². The van der Waals surface area contributed by atoms with Crippen LogP contribution in [0.4, 0.5) is 0 Å². The summed E-state index contributed by atoms with van der Waals surface area (Å²) < 4.78 is 4.17. The molecule has 0 amide bonds. The standard InChI is InChI=1S/C19H27N2O/c1-15(2)9-12-20-10-6-11-21(20)14-18(22)13-19-16(3)7-5-8-17(19)4/h5-8,10-11,15H,9,12-14H2,1-4H3/q+1. The minimum absolute atomic E-state index is 0.256. The lowest BCUT2D eigenvalue weighted by Crippen LogP contribution is -2.46. The summed E-state index contributed by atoms with van der Waals surface area (Å²) in [6.07, 6.45) is 5.68. The van der Waals surface area contributed by atoms with Crippen LogP contribution in [0.1, 0.15) is 37.0 Å². The molecule has 0 aliphatic heterocycles. The lowest BCUT2D eigenvalue weighted by atomic mass is 9.98. The number of ketones is 1. The molecule has 22 heavy (non-hydrogen) atoms. The van der Waals surface area contributed by atoms with Crippen LogP contribution in [0.25, 0.3) is 0 Å². The summed E-state index contributed by atoms with van der Waals surface area (Å²) in [4.78, 5) is 12.4. The smallest absolute Gasteiger partial charge is 0.230 e. The monoisotopic (exact) mass is 299 g/mol. The van der Waals surface area contributed by atoms with Gasteiger partial charge in [0, 0.05) is 12.5 Å². The van der Waals surface area contributed by atoms with Crippen molar-refractivity contribution >= 4 is 5.78 Å². The van der Waals surface area contributed by atoms with Crippen LogP contribution in [0.15, 0.2) is 36.7 Å². The fourth-order valence-electron chi connectivity index (χ4n) is 2.71. The third-order valence-electron chi connectivity index (χ3n) is 4.14. The van der Waals surface area contributed by atoms with Crippen molar-refractivity contribution in [3.8, 4) is 0 Å². The number of carbonyl (C=O) groups excluding carboxylic acids is 1.